The van der Waals surface area contributed by atoms with Crippen LogP contribution < -0.4 is 0 Å². The van der Waals surface area contributed by atoms with Crippen molar-refractivity contribution in [3.63, 3.8) is 0 Å². The van der Waals surface area contributed by atoms with Gasteiger partial charge in [0.15, 0.2) is 0 Å². The summed E-state index contributed by atoms with van der Waals surface area (Å²) in [6.45, 7) is 9.39. The van der Waals surface area contributed by atoms with Gasteiger partial charge in [0, 0.05) is 7.43 Å². The van der Waals surface area contributed by atoms with Crippen LogP contribution in [-0.2, 0) is 0 Å². The molecule has 0 aromatic rings. The minimum Gasteiger partial charge on any atom is -0.0885 e. The molecular weight excluding hydrogens is 288 g/mol. The van der Waals surface area contributed by atoms with Crippen molar-refractivity contribution in [2.75, 3.05) is 0 Å². The molecule has 0 aromatic heterocycles. The van der Waals surface area contributed by atoms with Crippen LogP contribution in [0.5, 0.6) is 0 Å². The molecule has 0 amide bonds. The fraction of sp³-hybridized carbons (Fsp3) is 0.833. The standard InChI is InChI=1S/C23H43.C/c1-3-5-7-9-11-13-15-17-19-21-23-22-20-18-16-14-12-10-8-6-4-2;/h17,19H,3-16,18,20-23H2,1H3;. The summed E-state index contributed by atoms with van der Waals surface area (Å²) in [7, 11) is 0. The largest absolute Gasteiger partial charge is 0.0885 e. The molecular formula is C24H43. The molecule has 7 radical (unpaired) electrons. The first-order valence-electron chi connectivity index (χ1n) is 10.7. The zero-order valence-electron chi connectivity index (χ0n) is 16.6. The third kappa shape index (κ3) is 24.0. The molecule has 0 bridgehead atoms. The Kier molecular flexibility index (Phi) is 27.0. The Bertz CT molecular complexity index is 216. The molecule has 0 aromatic carbocycles. The molecule has 24 heavy (non-hydrogen) atoms. The summed E-state index contributed by atoms with van der Waals surface area (Å²) >= 11 is 0. The number of allylic oxidation sites excluding steroid dienone is 2. The molecule has 0 atom stereocenters. The molecule has 139 valence electrons. The van der Waals surface area contributed by atoms with Gasteiger partial charge in [-0.15, -0.1) is 0 Å². The fourth-order valence-electron chi connectivity index (χ4n) is 3.08. The summed E-state index contributed by atoms with van der Waals surface area (Å²) in [5.41, 5.74) is 0. The SMILES string of the molecule is [C].[C]CCCCCCCCCCCCC=CCCCCCCCC. The Labute approximate surface area is 155 Å². The number of rotatable bonds is 19. The quantitative estimate of drug-likeness (QED) is 0.164. The van der Waals surface area contributed by atoms with Crippen molar-refractivity contribution < 1.29 is 0 Å². The number of unbranched alkanes of at least 4 members (excludes halogenated alkanes) is 17. The average Bonchev–Trinajstić information content (AvgIpc) is 2.57. The normalized spacial score (nSPS) is 11.1. The van der Waals surface area contributed by atoms with Gasteiger partial charge in [0.2, 0.25) is 0 Å². The van der Waals surface area contributed by atoms with Crippen LogP contribution in [0.15, 0.2) is 12.2 Å². The molecule has 0 nitrogen and oxygen atoms in total. The Balaban J connectivity index is 0. The molecule has 0 heteroatoms. The minimum atomic E-state index is 0. The maximum atomic E-state index is 7.10. The van der Waals surface area contributed by atoms with Crippen molar-refractivity contribution >= 4 is 0 Å². The van der Waals surface area contributed by atoms with Crippen LogP contribution in [0.4, 0.5) is 0 Å². The molecule has 0 saturated carbocycles. The van der Waals surface area contributed by atoms with E-state index in [1.807, 2.05) is 0 Å². The van der Waals surface area contributed by atoms with Crippen LogP contribution in [0.3, 0.4) is 0 Å². The zero-order chi connectivity index (χ0) is 16.8. The van der Waals surface area contributed by atoms with Gasteiger partial charge in [-0.3, -0.25) is 0 Å². The van der Waals surface area contributed by atoms with E-state index in [1.54, 1.807) is 0 Å². The Morgan fingerprint density at radius 2 is 0.833 bits per heavy atom. The van der Waals surface area contributed by atoms with Gasteiger partial charge < -0.3 is 0 Å². The molecule has 0 saturated heterocycles. The van der Waals surface area contributed by atoms with Gasteiger partial charge in [-0.05, 0) is 39.0 Å². The van der Waals surface area contributed by atoms with Crippen molar-refractivity contribution in [3.05, 3.63) is 26.5 Å². The molecule has 0 unspecified atom stereocenters. The maximum absolute atomic E-state index is 7.10. The van der Waals surface area contributed by atoms with Crippen LogP contribution >= 0.6 is 0 Å². The van der Waals surface area contributed by atoms with Gasteiger partial charge in [-0.1, -0.05) is 109 Å². The highest BCUT2D eigenvalue weighted by Crippen LogP contribution is 2.12. The second kappa shape index (κ2) is 25.0. The Morgan fingerprint density at radius 3 is 1.21 bits per heavy atom. The van der Waals surface area contributed by atoms with Crippen molar-refractivity contribution in [3.8, 4) is 0 Å². The van der Waals surface area contributed by atoms with E-state index in [4.69, 9.17) is 6.92 Å². The highest BCUT2D eigenvalue weighted by molar-refractivity contribution is 4.81. The molecule has 0 rings (SSSR count). The third-order valence-electron chi connectivity index (χ3n) is 4.69. The second-order valence-corrected chi connectivity index (χ2v) is 7.10. The summed E-state index contributed by atoms with van der Waals surface area (Å²) in [5, 5.41) is 0. The highest BCUT2D eigenvalue weighted by Gasteiger charge is 1.92. The smallest absolute Gasteiger partial charge is 0 e. The minimum absolute atomic E-state index is 0. The first-order valence-corrected chi connectivity index (χ1v) is 10.7. The maximum Gasteiger partial charge on any atom is 0 e. The first kappa shape index (κ1) is 26.0. The van der Waals surface area contributed by atoms with Gasteiger partial charge in [0.1, 0.15) is 0 Å². The fourth-order valence-corrected chi connectivity index (χ4v) is 3.08. The topological polar surface area (TPSA) is 0 Å². The van der Waals surface area contributed by atoms with Crippen LogP contribution in [0.1, 0.15) is 129 Å². The molecule has 0 aliphatic heterocycles. The molecule has 0 fully saturated rings. The van der Waals surface area contributed by atoms with E-state index in [0.717, 1.165) is 6.42 Å². The summed E-state index contributed by atoms with van der Waals surface area (Å²) < 4.78 is 0. The van der Waals surface area contributed by atoms with Crippen LogP contribution in [0.2, 0.25) is 0 Å². The van der Waals surface area contributed by atoms with Gasteiger partial charge in [0.05, 0.1) is 0 Å². The van der Waals surface area contributed by atoms with Gasteiger partial charge in [-0.2, -0.15) is 0 Å². The molecule has 0 spiro atoms. The second-order valence-electron chi connectivity index (χ2n) is 7.10. The van der Waals surface area contributed by atoms with E-state index in [-0.39, 0.29) is 7.43 Å². The molecule has 0 N–H and O–H groups in total. The van der Waals surface area contributed by atoms with Gasteiger partial charge in [-0.25, -0.2) is 0 Å². The van der Waals surface area contributed by atoms with E-state index in [0.29, 0.717) is 6.42 Å². The van der Waals surface area contributed by atoms with Crippen molar-refractivity contribution in [1.29, 1.82) is 0 Å². The molecule has 0 heterocycles. The predicted octanol–water partition coefficient (Wildman–Crippen LogP) is 8.64. The van der Waals surface area contributed by atoms with Crippen molar-refractivity contribution in [2.24, 2.45) is 0 Å². The van der Waals surface area contributed by atoms with E-state index in [2.05, 4.69) is 19.1 Å². The van der Waals surface area contributed by atoms with Crippen LogP contribution in [-0.4, -0.2) is 0 Å². The monoisotopic (exact) mass is 331 g/mol. The first-order chi connectivity index (χ1) is 11.4. The third-order valence-corrected chi connectivity index (χ3v) is 4.69. The van der Waals surface area contributed by atoms with Crippen LogP contribution in [0, 0.1) is 14.4 Å². The van der Waals surface area contributed by atoms with E-state index in [9.17, 15) is 0 Å². The summed E-state index contributed by atoms with van der Waals surface area (Å²) in [6.07, 6.45) is 30.1. The van der Waals surface area contributed by atoms with Crippen molar-refractivity contribution in [2.45, 2.75) is 129 Å². The average molecular weight is 332 g/mol. The summed E-state index contributed by atoms with van der Waals surface area (Å²) in [5.74, 6) is 0. The highest BCUT2D eigenvalue weighted by atomic mass is 14.0. The lowest BCUT2D eigenvalue weighted by Gasteiger charge is -2.01. The van der Waals surface area contributed by atoms with E-state index in [1.165, 1.54) is 109 Å². The van der Waals surface area contributed by atoms with Gasteiger partial charge in [0.25, 0.3) is 0 Å². The van der Waals surface area contributed by atoms with E-state index >= 15 is 0 Å². The van der Waals surface area contributed by atoms with Crippen molar-refractivity contribution in [1.82, 2.24) is 0 Å². The molecule has 0 aliphatic carbocycles. The van der Waals surface area contributed by atoms with E-state index < -0.39 is 0 Å². The lowest BCUT2D eigenvalue weighted by Crippen LogP contribution is -1.82. The Morgan fingerprint density at radius 1 is 0.500 bits per heavy atom. The Hall–Kier alpha value is -0.260. The summed E-state index contributed by atoms with van der Waals surface area (Å²) in [4.78, 5) is 0. The number of hydrogen-bond acceptors (Lipinski definition) is 0. The lowest BCUT2D eigenvalue weighted by molar-refractivity contribution is 0.553. The predicted molar refractivity (Wildman–Crippen MR) is 109 cm³/mol. The zero-order valence-corrected chi connectivity index (χ0v) is 16.6. The summed E-state index contributed by atoms with van der Waals surface area (Å²) in [6, 6.07) is 0. The van der Waals surface area contributed by atoms with Crippen LogP contribution in [0.25, 0.3) is 0 Å². The molecule has 0 aliphatic rings. The van der Waals surface area contributed by atoms with Gasteiger partial charge >= 0.3 is 0 Å². The number of hydrogen-bond donors (Lipinski definition) is 0. The lowest BCUT2D eigenvalue weighted by atomic mass is 10.1.